The fourth-order valence-electron chi connectivity index (χ4n) is 3.17. The number of aromatic nitrogens is 3. The molecule has 28 heavy (non-hydrogen) atoms. The zero-order valence-corrected chi connectivity index (χ0v) is 18.5. The van der Waals surface area contributed by atoms with Gasteiger partial charge in [-0.25, -0.2) is 0 Å². The molecular formula is C18H25IN6O3. The Bertz CT molecular complexity index is 798. The van der Waals surface area contributed by atoms with Crippen LogP contribution in [0.5, 0.6) is 0 Å². The van der Waals surface area contributed by atoms with Gasteiger partial charge in [0.2, 0.25) is 0 Å². The predicted molar refractivity (Wildman–Crippen MR) is 114 cm³/mol. The molecule has 0 spiro atoms. The number of nitrogens with zero attached hydrogens (tertiary/aromatic N) is 5. The molecule has 0 aliphatic carbocycles. The number of ether oxygens (including phenoxy) is 1. The summed E-state index contributed by atoms with van der Waals surface area (Å²) >= 11 is 0. The van der Waals surface area contributed by atoms with Gasteiger partial charge in [0.15, 0.2) is 11.8 Å². The minimum absolute atomic E-state index is 0. The zero-order valence-electron chi connectivity index (χ0n) is 16.2. The van der Waals surface area contributed by atoms with Crippen molar-refractivity contribution in [3.63, 3.8) is 0 Å². The van der Waals surface area contributed by atoms with Crippen LogP contribution in [0.15, 0.2) is 33.9 Å². The van der Waals surface area contributed by atoms with Crippen molar-refractivity contribution in [3.8, 4) is 11.6 Å². The van der Waals surface area contributed by atoms with Crippen LogP contribution in [0.25, 0.3) is 11.6 Å². The summed E-state index contributed by atoms with van der Waals surface area (Å²) in [6.45, 7) is 4.00. The lowest BCUT2D eigenvalue weighted by atomic mass is 9.99. The summed E-state index contributed by atoms with van der Waals surface area (Å²) in [7, 11) is 3.15. The molecule has 152 valence electrons. The highest BCUT2D eigenvalue weighted by Crippen LogP contribution is 2.24. The topological polar surface area (TPSA) is 106 Å². The number of carbonyl (C=O) groups is 1. The Morgan fingerprint density at radius 1 is 1.43 bits per heavy atom. The van der Waals surface area contributed by atoms with E-state index in [-0.39, 0.29) is 41.8 Å². The first-order valence-corrected chi connectivity index (χ1v) is 8.89. The first-order chi connectivity index (χ1) is 13.1. The van der Waals surface area contributed by atoms with E-state index in [1.54, 1.807) is 13.2 Å². The van der Waals surface area contributed by atoms with Crippen LogP contribution in [-0.2, 0) is 16.0 Å². The van der Waals surface area contributed by atoms with Gasteiger partial charge in [-0.05, 0) is 18.1 Å². The number of halogens is 1. The van der Waals surface area contributed by atoms with E-state index >= 15 is 0 Å². The van der Waals surface area contributed by atoms with Gasteiger partial charge in [-0.15, -0.1) is 24.0 Å². The monoisotopic (exact) mass is 500 g/mol. The minimum Gasteiger partial charge on any atom is -0.469 e. The van der Waals surface area contributed by atoms with E-state index in [4.69, 9.17) is 9.26 Å². The Balaban J connectivity index is 0.00000280. The van der Waals surface area contributed by atoms with E-state index in [1.165, 1.54) is 7.11 Å². The van der Waals surface area contributed by atoms with E-state index in [9.17, 15) is 4.79 Å². The molecule has 1 aliphatic rings. The van der Waals surface area contributed by atoms with E-state index < -0.39 is 0 Å². The number of methoxy groups -OCH3 is 1. The molecule has 1 fully saturated rings. The molecule has 9 nitrogen and oxygen atoms in total. The van der Waals surface area contributed by atoms with Crippen LogP contribution in [0.3, 0.4) is 0 Å². The van der Waals surface area contributed by atoms with Gasteiger partial charge in [-0.3, -0.25) is 14.8 Å². The summed E-state index contributed by atoms with van der Waals surface area (Å²) in [5.41, 5.74) is 0.653. The Kier molecular flexibility index (Phi) is 8.15. The highest BCUT2D eigenvalue weighted by Gasteiger charge is 2.36. The normalized spacial score (nSPS) is 19.2. The Morgan fingerprint density at radius 2 is 2.25 bits per heavy atom. The molecule has 0 amide bonds. The molecule has 2 aromatic heterocycles. The van der Waals surface area contributed by atoms with E-state index in [2.05, 4.69) is 30.3 Å². The highest BCUT2D eigenvalue weighted by molar-refractivity contribution is 14.0. The van der Waals surface area contributed by atoms with Crippen molar-refractivity contribution in [3.05, 3.63) is 30.2 Å². The smallest absolute Gasteiger partial charge is 0.310 e. The minimum atomic E-state index is -0.172. The third-order valence-corrected chi connectivity index (χ3v) is 4.61. The van der Waals surface area contributed by atoms with Gasteiger partial charge in [0, 0.05) is 39.3 Å². The van der Waals surface area contributed by atoms with Crippen molar-refractivity contribution in [2.45, 2.75) is 13.3 Å². The molecule has 2 atom stereocenters. The van der Waals surface area contributed by atoms with Gasteiger partial charge in [0.25, 0.3) is 5.89 Å². The average molecular weight is 500 g/mol. The number of rotatable bonds is 5. The van der Waals surface area contributed by atoms with E-state index in [1.807, 2.05) is 25.1 Å². The van der Waals surface area contributed by atoms with Gasteiger partial charge >= 0.3 is 5.97 Å². The SMILES string of the molecule is CN=C(NCCc1noc(-c2ccccn2)n1)N1CC(C)C(C(=O)OC)C1.I. The summed E-state index contributed by atoms with van der Waals surface area (Å²) in [5.74, 6) is 1.67. The van der Waals surface area contributed by atoms with Gasteiger partial charge < -0.3 is 19.5 Å². The number of carbonyl (C=O) groups excluding carboxylic acids is 1. The van der Waals surface area contributed by atoms with Crippen molar-refractivity contribution in [2.75, 3.05) is 33.8 Å². The molecule has 0 radical (unpaired) electrons. The fraction of sp³-hybridized carbons (Fsp3) is 0.500. The molecule has 2 aromatic rings. The van der Waals surface area contributed by atoms with Gasteiger partial charge in [-0.1, -0.05) is 18.1 Å². The first kappa shape index (κ1) is 22.1. The van der Waals surface area contributed by atoms with Crippen molar-refractivity contribution in [1.82, 2.24) is 25.3 Å². The van der Waals surface area contributed by atoms with Gasteiger partial charge in [0.05, 0.1) is 13.0 Å². The Hall–Kier alpha value is -2.24. The van der Waals surface area contributed by atoms with Gasteiger partial charge in [0.1, 0.15) is 5.69 Å². The molecule has 3 rings (SSSR count). The average Bonchev–Trinajstić information content (AvgIpc) is 3.32. The van der Waals surface area contributed by atoms with Crippen molar-refractivity contribution in [1.29, 1.82) is 0 Å². The number of likely N-dealkylation sites (tertiary alicyclic amines) is 1. The number of nitrogens with one attached hydrogen (secondary N) is 1. The van der Waals surface area contributed by atoms with Crippen molar-refractivity contribution < 1.29 is 14.1 Å². The standard InChI is InChI=1S/C18H24N6O3.HI/c1-12-10-24(11-13(12)17(25)26-3)18(19-2)21-9-7-15-22-16(27-23-15)14-6-4-5-8-20-14;/h4-6,8,12-13H,7,9-11H2,1-3H3,(H,19,21);1H. The van der Waals surface area contributed by atoms with Crippen LogP contribution in [0.1, 0.15) is 12.7 Å². The van der Waals surface area contributed by atoms with Crippen molar-refractivity contribution >= 4 is 35.9 Å². The summed E-state index contributed by atoms with van der Waals surface area (Å²) in [4.78, 5) is 26.8. The van der Waals surface area contributed by atoms with Crippen LogP contribution < -0.4 is 5.32 Å². The predicted octanol–water partition coefficient (Wildman–Crippen LogP) is 1.61. The quantitative estimate of drug-likeness (QED) is 0.286. The maximum atomic E-state index is 11.9. The largest absolute Gasteiger partial charge is 0.469 e. The maximum Gasteiger partial charge on any atom is 0.310 e. The molecule has 1 N–H and O–H groups in total. The molecule has 1 aliphatic heterocycles. The first-order valence-electron chi connectivity index (χ1n) is 8.89. The molecule has 3 heterocycles. The number of hydrogen-bond acceptors (Lipinski definition) is 7. The summed E-state index contributed by atoms with van der Waals surface area (Å²) in [6, 6.07) is 5.53. The van der Waals surface area contributed by atoms with E-state index in [0.29, 0.717) is 36.9 Å². The zero-order chi connectivity index (χ0) is 19.2. The molecule has 0 aromatic carbocycles. The summed E-state index contributed by atoms with van der Waals surface area (Å²) < 4.78 is 10.1. The molecule has 10 heteroatoms. The van der Waals surface area contributed by atoms with Crippen molar-refractivity contribution in [2.24, 2.45) is 16.8 Å². The van der Waals surface area contributed by atoms with Crippen LogP contribution in [0.2, 0.25) is 0 Å². The van der Waals surface area contributed by atoms with Crippen LogP contribution in [-0.4, -0.2) is 65.7 Å². The second kappa shape index (κ2) is 10.3. The highest BCUT2D eigenvalue weighted by atomic mass is 127. The number of pyridine rings is 1. The van der Waals surface area contributed by atoms with Crippen LogP contribution in [0, 0.1) is 11.8 Å². The lowest BCUT2D eigenvalue weighted by Gasteiger charge is -2.21. The van der Waals surface area contributed by atoms with Crippen LogP contribution >= 0.6 is 24.0 Å². The number of guanidine groups is 1. The summed E-state index contributed by atoms with van der Waals surface area (Å²) in [6.07, 6.45) is 2.27. The second-order valence-electron chi connectivity index (χ2n) is 6.47. The Morgan fingerprint density at radius 3 is 2.93 bits per heavy atom. The lowest BCUT2D eigenvalue weighted by molar-refractivity contribution is -0.145. The number of hydrogen-bond donors (Lipinski definition) is 1. The Labute approximate surface area is 181 Å². The van der Waals surface area contributed by atoms with Gasteiger partial charge in [-0.2, -0.15) is 4.98 Å². The fourth-order valence-corrected chi connectivity index (χ4v) is 3.17. The molecular weight excluding hydrogens is 475 g/mol. The number of aliphatic imine (C=N–C) groups is 1. The molecule has 1 saturated heterocycles. The third-order valence-electron chi connectivity index (χ3n) is 4.61. The summed E-state index contributed by atoms with van der Waals surface area (Å²) in [5, 5.41) is 7.28. The maximum absolute atomic E-state index is 11.9. The van der Waals surface area contributed by atoms with E-state index in [0.717, 1.165) is 12.5 Å². The number of esters is 1. The third kappa shape index (κ3) is 5.18. The lowest BCUT2D eigenvalue weighted by Crippen LogP contribution is -2.41. The molecule has 0 saturated carbocycles. The second-order valence-corrected chi connectivity index (χ2v) is 6.47. The molecule has 2 unspecified atom stereocenters. The van der Waals surface area contributed by atoms with Crippen LogP contribution in [0.4, 0.5) is 0 Å². The molecule has 0 bridgehead atoms.